The third-order valence-corrected chi connectivity index (χ3v) is 9.13. The molecule has 0 radical (unpaired) electrons. The van der Waals surface area contributed by atoms with Crippen LogP contribution in [0.5, 0.6) is 0 Å². The second-order valence-corrected chi connectivity index (χ2v) is 14.7. The van der Waals surface area contributed by atoms with E-state index in [0.29, 0.717) is 12.8 Å². The Morgan fingerprint density at radius 1 is 0.383 bits per heavy atom. The Bertz CT molecular complexity index is 1350. The molecule has 5 heteroatoms. The molecule has 1 unspecified atom stereocenters. The molecule has 0 amide bonds. The summed E-state index contributed by atoms with van der Waals surface area (Å²) in [5.41, 5.74) is 0. The van der Waals surface area contributed by atoms with Crippen molar-refractivity contribution in [1.29, 1.82) is 0 Å². The van der Waals surface area contributed by atoms with Crippen molar-refractivity contribution in [3.63, 3.8) is 0 Å². The summed E-state index contributed by atoms with van der Waals surface area (Å²) in [5, 5.41) is 9.61. The van der Waals surface area contributed by atoms with E-state index in [9.17, 15) is 14.7 Å². The molecular weight excluding hydrogens is 741 g/mol. The number of esters is 2. The van der Waals surface area contributed by atoms with Gasteiger partial charge in [0, 0.05) is 12.8 Å². The molecule has 0 aromatic heterocycles. The first kappa shape index (κ1) is 55.8. The van der Waals surface area contributed by atoms with Gasteiger partial charge in [0.05, 0.1) is 6.61 Å². The highest BCUT2D eigenvalue weighted by Crippen LogP contribution is 2.11. The second-order valence-electron chi connectivity index (χ2n) is 14.7. The fourth-order valence-corrected chi connectivity index (χ4v) is 5.68. The first-order chi connectivity index (χ1) is 29.6. The number of ether oxygens (including phenoxy) is 2. The first-order valence-corrected chi connectivity index (χ1v) is 23.4. The minimum absolute atomic E-state index is 0.106. The number of allylic oxidation sites excluding steroid dienone is 24. The van der Waals surface area contributed by atoms with E-state index in [2.05, 4.69) is 160 Å². The van der Waals surface area contributed by atoms with Crippen LogP contribution in [0.25, 0.3) is 0 Å². The Balaban J connectivity index is 3.71. The predicted molar refractivity (Wildman–Crippen MR) is 260 cm³/mol. The molecule has 0 bridgehead atoms. The maximum Gasteiger partial charge on any atom is 0.306 e. The Hall–Kier alpha value is -4.22. The molecule has 0 aromatic carbocycles. The zero-order valence-corrected chi connectivity index (χ0v) is 37.9. The average Bonchev–Trinajstić information content (AvgIpc) is 3.25. The lowest BCUT2D eigenvalue weighted by Gasteiger charge is -2.15. The van der Waals surface area contributed by atoms with Gasteiger partial charge in [-0.05, 0) is 116 Å². The lowest BCUT2D eigenvalue weighted by Crippen LogP contribution is -2.28. The smallest absolute Gasteiger partial charge is 0.306 e. The molecule has 0 aliphatic heterocycles. The standard InChI is InChI=1S/C55H84O5/c1-3-5-7-9-11-13-15-17-19-21-23-25-26-27-28-30-32-34-36-38-40-42-44-46-48-50-55(58)60-53(51-56)52-59-54(57)49-47-45-43-41-39-37-35-33-31-29-24-22-20-18-16-14-12-10-8-6-4-2/h5-8,11-14,17-20,23-25,27-29,32-35,39,41,53,56H,3-4,9-10,15-16,21-22,26,30-31,36-38,40,42-52H2,1-2H3/b7-5-,8-6-,13-11-,14-12-,19-17-,20-18-,25-23-,28-27-,29-24-,34-32-,35-33-,41-39-. The lowest BCUT2D eigenvalue weighted by atomic mass is 10.1. The van der Waals surface area contributed by atoms with E-state index in [0.717, 1.165) is 128 Å². The Labute approximate surface area is 368 Å². The molecule has 0 heterocycles. The van der Waals surface area contributed by atoms with E-state index >= 15 is 0 Å². The van der Waals surface area contributed by atoms with Crippen molar-refractivity contribution in [3.05, 3.63) is 146 Å². The molecule has 334 valence electrons. The van der Waals surface area contributed by atoms with Crippen LogP contribution in [0.3, 0.4) is 0 Å². The van der Waals surface area contributed by atoms with Crippen LogP contribution in [0.1, 0.15) is 168 Å². The average molecular weight is 825 g/mol. The molecule has 60 heavy (non-hydrogen) atoms. The number of aliphatic hydroxyl groups is 1. The van der Waals surface area contributed by atoms with Gasteiger partial charge in [-0.15, -0.1) is 0 Å². The number of carbonyl (C=O) groups is 2. The summed E-state index contributed by atoms with van der Waals surface area (Å²) in [6.45, 7) is 3.84. The number of carbonyl (C=O) groups excluding carboxylic acids is 2. The van der Waals surface area contributed by atoms with Crippen LogP contribution in [-0.2, 0) is 19.1 Å². The first-order valence-electron chi connectivity index (χ1n) is 23.4. The van der Waals surface area contributed by atoms with Crippen LogP contribution in [0.4, 0.5) is 0 Å². The van der Waals surface area contributed by atoms with Crippen molar-refractivity contribution in [2.75, 3.05) is 13.2 Å². The molecule has 5 nitrogen and oxygen atoms in total. The third-order valence-electron chi connectivity index (χ3n) is 9.13. The van der Waals surface area contributed by atoms with Crippen molar-refractivity contribution >= 4 is 11.9 Å². The van der Waals surface area contributed by atoms with E-state index in [1.54, 1.807) is 0 Å². The Morgan fingerprint density at radius 2 is 0.667 bits per heavy atom. The highest BCUT2D eigenvalue weighted by molar-refractivity contribution is 5.70. The summed E-state index contributed by atoms with van der Waals surface area (Å²) in [7, 11) is 0. The van der Waals surface area contributed by atoms with E-state index in [-0.39, 0.29) is 25.2 Å². The summed E-state index contributed by atoms with van der Waals surface area (Å²) in [6.07, 6.45) is 74.9. The van der Waals surface area contributed by atoms with Crippen LogP contribution in [0.2, 0.25) is 0 Å². The summed E-state index contributed by atoms with van der Waals surface area (Å²) < 4.78 is 10.6. The van der Waals surface area contributed by atoms with Gasteiger partial charge in [-0.1, -0.05) is 185 Å². The summed E-state index contributed by atoms with van der Waals surface area (Å²) in [4.78, 5) is 24.4. The van der Waals surface area contributed by atoms with Crippen molar-refractivity contribution in [2.24, 2.45) is 0 Å². The van der Waals surface area contributed by atoms with Crippen molar-refractivity contribution in [3.8, 4) is 0 Å². The van der Waals surface area contributed by atoms with Gasteiger partial charge in [-0.25, -0.2) is 0 Å². The molecule has 0 aromatic rings. The molecule has 0 saturated heterocycles. The molecule has 0 fully saturated rings. The molecule has 0 saturated carbocycles. The highest BCUT2D eigenvalue weighted by atomic mass is 16.6. The van der Waals surface area contributed by atoms with Crippen molar-refractivity contribution < 1.29 is 24.2 Å². The fraction of sp³-hybridized carbons (Fsp3) is 0.527. The zero-order chi connectivity index (χ0) is 43.5. The number of hydrogen-bond acceptors (Lipinski definition) is 5. The van der Waals surface area contributed by atoms with Gasteiger partial charge in [-0.2, -0.15) is 0 Å². The van der Waals surface area contributed by atoms with Gasteiger partial charge in [0.15, 0.2) is 6.10 Å². The number of hydrogen-bond donors (Lipinski definition) is 1. The third kappa shape index (κ3) is 46.5. The maximum atomic E-state index is 12.2. The lowest BCUT2D eigenvalue weighted by molar-refractivity contribution is -0.161. The normalized spacial score (nSPS) is 13.6. The van der Waals surface area contributed by atoms with Crippen molar-refractivity contribution in [1.82, 2.24) is 0 Å². The number of unbranched alkanes of at least 4 members (excludes halogenated alkanes) is 8. The van der Waals surface area contributed by atoms with Crippen LogP contribution in [0.15, 0.2) is 146 Å². The number of aliphatic hydroxyl groups excluding tert-OH is 1. The van der Waals surface area contributed by atoms with Gasteiger partial charge in [-0.3, -0.25) is 9.59 Å². The van der Waals surface area contributed by atoms with Crippen LogP contribution in [0, 0.1) is 0 Å². The Kier molecular flexibility index (Phi) is 45.7. The molecular formula is C55H84O5. The van der Waals surface area contributed by atoms with Gasteiger partial charge in [0.2, 0.25) is 0 Å². The van der Waals surface area contributed by atoms with E-state index in [4.69, 9.17) is 9.47 Å². The molecule has 0 spiro atoms. The molecule has 0 aliphatic rings. The zero-order valence-electron chi connectivity index (χ0n) is 37.9. The van der Waals surface area contributed by atoms with E-state index < -0.39 is 6.10 Å². The van der Waals surface area contributed by atoms with Gasteiger partial charge in [0.25, 0.3) is 0 Å². The van der Waals surface area contributed by atoms with Crippen LogP contribution >= 0.6 is 0 Å². The van der Waals surface area contributed by atoms with Crippen LogP contribution < -0.4 is 0 Å². The summed E-state index contributed by atoms with van der Waals surface area (Å²) in [5.74, 6) is -0.674. The molecule has 1 N–H and O–H groups in total. The van der Waals surface area contributed by atoms with Gasteiger partial charge >= 0.3 is 11.9 Å². The van der Waals surface area contributed by atoms with Gasteiger partial charge in [0.1, 0.15) is 6.61 Å². The van der Waals surface area contributed by atoms with E-state index in [1.165, 1.54) is 12.8 Å². The minimum Gasteiger partial charge on any atom is -0.462 e. The fourth-order valence-electron chi connectivity index (χ4n) is 5.68. The minimum atomic E-state index is -0.811. The summed E-state index contributed by atoms with van der Waals surface area (Å²) >= 11 is 0. The molecule has 0 aliphatic carbocycles. The van der Waals surface area contributed by atoms with Crippen molar-refractivity contribution in [2.45, 2.75) is 174 Å². The molecule has 0 rings (SSSR count). The Morgan fingerprint density at radius 3 is 1.03 bits per heavy atom. The predicted octanol–water partition coefficient (Wildman–Crippen LogP) is 15.5. The monoisotopic (exact) mass is 825 g/mol. The topological polar surface area (TPSA) is 72.8 Å². The highest BCUT2D eigenvalue weighted by Gasteiger charge is 2.16. The largest absolute Gasteiger partial charge is 0.462 e. The quantitative estimate of drug-likeness (QED) is 0.0378. The second kappa shape index (κ2) is 49.1. The summed E-state index contributed by atoms with van der Waals surface area (Å²) in [6, 6.07) is 0. The molecule has 1 atom stereocenters. The van der Waals surface area contributed by atoms with Crippen LogP contribution in [-0.4, -0.2) is 36.4 Å². The SMILES string of the molecule is CC/C=C\C/C=C\C/C=C\C/C=C\C/C=C\C/C=C\CCCCCCCCC(=O)OC(CO)COC(=O)CCCC/C=C\C/C=C\C/C=C\C/C=C\C/C=C\C/C=C\CC. The van der Waals surface area contributed by atoms with Gasteiger partial charge < -0.3 is 14.6 Å². The number of rotatable bonds is 40. The maximum absolute atomic E-state index is 12.2. The van der Waals surface area contributed by atoms with E-state index in [1.807, 2.05) is 0 Å².